The molecule has 4 heterocycles. The molecule has 1 saturated heterocycles. The number of ether oxygens (including phenoxy) is 1. The highest BCUT2D eigenvalue weighted by Gasteiger charge is 2.18. The average Bonchev–Trinajstić information content (AvgIpc) is 3.40. The first-order valence-electron chi connectivity index (χ1n) is 9.97. The fraction of sp³-hybridized carbons (Fsp3) is 0.318. The molecule has 5 rings (SSSR count). The normalized spacial score (nSPS) is 15.1. The van der Waals surface area contributed by atoms with Crippen LogP contribution in [0.2, 0.25) is 0 Å². The van der Waals surface area contributed by atoms with E-state index in [1.54, 1.807) is 27.2 Å². The fourth-order valence-electron chi connectivity index (χ4n) is 3.66. The van der Waals surface area contributed by atoms with E-state index >= 15 is 0 Å². The maximum Gasteiger partial charge on any atom is 0.261 e. The largest absolute Gasteiger partial charge is 0.379 e. The van der Waals surface area contributed by atoms with Gasteiger partial charge in [0.25, 0.3) is 5.56 Å². The van der Waals surface area contributed by atoms with Crippen molar-refractivity contribution in [2.24, 2.45) is 0 Å². The summed E-state index contributed by atoms with van der Waals surface area (Å²) in [4.78, 5) is 27.7. The number of benzene rings is 1. The summed E-state index contributed by atoms with van der Waals surface area (Å²) in [6.07, 6.45) is 0. The third-order valence-corrected chi connectivity index (χ3v) is 7.10. The molecule has 154 valence electrons. The van der Waals surface area contributed by atoms with Gasteiger partial charge in [-0.1, -0.05) is 12.1 Å². The number of thiophene rings is 1. The van der Waals surface area contributed by atoms with Gasteiger partial charge >= 0.3 is 0 Å². The van der Waals surface area contributed by atoms with Crippen molar-refractivity contribution in [3.05, 3.63) is 67.8 Å². The van der Waals surface area contributed by atoms with Gasteiger partial charge in [-0.15, -0.1) is 22.7 Å². The van der Waals surface area contributed by atoms with Crippen molar-refractivity contribution in [1.82, 2.24) is 19.4 Å². The second-order valence-electron chi connectivity index (χ2n) is 7.36. The smallest absolute Gasteiger partial charge is 0.261 e. The highest BCUT2D eigenvalue weighted by molar-refractivity contribution is 7.16. The van der Waals surface area contributed by atoms with Gasteiger partial charge < -0.3 is 4.74 Å². The molecule has 0 N–H and O–H groups in total. The summed E-state index contributed by atoms with van der Waals surface area (Å²) >= 11 is 3.33. The number of thiazole rings is 1. The topological polar surface area (TPSA) is 60.2 Å². The number of aromatic nitrogens is 3. The average molecular weight is 439 g/mol. The van der Waals surface area contributed by atoms with Gasteiger partial charge in [-0.05, 0) is 31.2 Å². The lowest BCUT2D eigenvalue weighted by atomic mass is 10.2. The summed E-state index contributed by atoms with van der Waals surface area (Å²) < 4.78 is 7.26. The van der Waals surface area contributed by atoms with E-state index in [-0.39, 0.29) is 5.56 Å². The fourth-order valence-corrected chi connectivity index (χ4v) is 5.35. The van der Waals surface area contributed by atoms with E-state index in [0.717, 1.165) is 40.0 Å². The molecule has 0 bridgehead atoms. The lowest BCUT2D eigenvalue weighted by molar-refractivity contribution is 0.0325. The van der Waals surface area contributed by atoms with E-state index in [0.29, 0.717) is 31.7 Å². The zero-order valence-electron chi connectivity index (χ0n) is 16.7. The van der Waals surface area contributed by atoms with Crippen LogP contribution in [0.5, 0.6) is 0 Å². The Morgan fingerprint density at radius 1 is 1.07 bits per heavy atom. The highest BCUT2D eigenvalue weighted by Crippen LogP contribution is 2.29. The SMILES string of the molecule is Cc1ccc(-c2csc(Cn3c(CN4CCOCC4)nc4ccccc4c3=O)n2)s1. The molecule has 6 nitrogen and oxygen atoms in total. The van der Waals surface area contributed by atoms with Crippen LogP contribution < -0.4 is 5.56 Å². The minimum Gasteiger partial charge on any atom is -0.379 e. The van der Waals surface area contributed by atoms with Crippen LogP contribution in [0.4, 0.5) is 0 Å². The predicted molar refractivity (Wildman–Crippen MR) is 121 cm³/mol. The molecule has 0 unspecified atom stereocenters. The number of nitrogens with zero attached hydrogens (tertiary/aromatic N) is 4. The maximum absolute atomic E-state index is 13.3. The number of hydrogen-bond donors (Lipinski definition) is 0. The van der Waals surface area contributed by atoms with Gasteiger partial charge in [0.05, 0.1) is 47.8 Å². The van der Waals surface area contributed by atoms with Crippen molar-refractivity contribution >= 4 is 33.6 Å². The molecule has 1 aromatic carbocycles. The van der Waals surface area contributed by atoms with Crippen LogP contribution in [0.25, 0.3) is 21.5 Å². The number of rotatable bonds is 5. The number of hydrogen-bond acceptors (Lipinski definition) is 7. The highest BCUT2D eigenvalue weighted by atomic mass is 32.1. The summed E-state index contributed by atoms with van der Waals surface area (Å²) in [5.41, 5.74) is 1.72. The molecule has 1 aliphatic heterocycles. The summed E-state index contributed by atoms with van der Waals surface area (Å²) in [6, 6.07) is 11.8. The molecular formula is C22H22N4O2S2. The predicted octanol–water partition coefficient (Wildman–Crippen LogP) is 3.77. The quantitative estimate of drug-likeness (QED) is 0.475. The summed E-state index contributed by atoms with van der Waals surface area (Å²) in [6.45, 7) is 6.29. The van der Waals surface area contributed by atoms with E-state index < -0.39 is 0 Å². The van der Waals surface area contributed by atoms with Gasteiger partial charge in [0.15, 0.2) is 0 Å². The Morgan fingerprint density at radius 3 is 2.70 bits per heavy atom. The molecule has 0 spiro atoms. The third-order valence-electron chi connectivity index (χ3n) is 5.25. The first-order chi connectivity index (χ1) is 14.7. The van der Waals surface area contributed by atoms with Crippen LogP contribution in [-0.2, 0) is 17.8 Å². The molecule has 0 saturated carbocycles. The summed E-state index contributed by atoms with van der Waals surface area (Å²) in [5, 5.41) is 3.63. The molecule has 0 aliphatic carbocycles. The first-order valence-corrected chi connectivity index (χ1v) is 11.7. The Labute approximate surface area is 182 Å². The lowest BCUT2D eigenvalue weighted by Crippen LogP contribution is -2.38. The lowest BCUT2D eigenvalue weighted by Gasteiger charge is -2.27. The van der Waals surface area contributed by atoms with Crippen LogP contribution in [0.15, 0.2) is 46.6 Å². The summed E-state index contributed by atoms with van der Waals surface area (Å²) in [5.74, 6) is 0.782. The van der Waals surface area contributed by atoms with Gasteiger partial charge in [0.1, 0.15) is 10.8 Å². The number of morpholine rings is 1. The van der Waals surface area contributed by atoms with E-state index in [4.69, 9.17) is 14.7 Å². The molecule has 4 aromatic rings. The zero-order valence-corrected chi connectivity index (χ0v) is 18.3. The van der Waals surface area contributed by atoms with Crippen LogP contribution in [0, 0.1) is 6.92 Å². The zero-order chi connectivity index (χ0) is 20.5. The molecule has 0 atom stereocenters. The minimum absolute atomic E-state index is 0.00687. The Hall–Kier alpha value is -2.39. The van der Waals surface area contributed by atoms with Gasteiger partial charge in [-0.2, -0.15) is 0 Å². The molecular weight excluding hydrogens is 416 g/mol. The standard InChI is InChI=1S/C22H22N4O2S2/c1-15-6-7-19(30-15)18-14-29-21(24-18)13-26-20(12-25-8-10-28-11-9-25)23-17-5-3-2-4-16(17)22(26)27/h2-7,14H,8-13H2,1H3. The Bertz CT molecular complexity index is 1240. The van der Waals surface area contributed by atoms with E-state index in [1.165, 1.54) is 4.88 Å². The van der Waals surface area contributed by atoms with Crippen molar-refractivity contribution in [3.8, 4) is 10.6 Å². The van der Waals surface area contributed by atoms with Gasteiger partial charge in [0, 0.05) is 23.3 Å². The second kappa shape index (κ2) is 8.39. The number of aryl methyl sites for hydroxylation is 1. The number of fused-ring (bicyclic) bond motifs is 1. The van der Waals surface area contributed by atoms with E-state index in [9.17, 15) is 4.79 Å². The van der Waals surface area contributed by atoms with Gasteiger partial charge in [0.2, 0.25) is 0 Å². The van der Waals surface area contributed by atoms with Crippen molar-refractivity contribution in [2.75, 3.05) is 26.3 Å². The van der Waals surface area contributed by atoms with Crippen LogP contribution in [0.3, 0.4) is 0 Å². The third kappa shape index (κ3) is 3.96. The molecule has 3 aromatic heterocycles. The monoisotopic (exact) mass is 438 g/mol. The molecule has 0 radical (unpaired) electrons. The van der Waals surface area contributed by atoms with Crippen molar-refractivity contribution in [2.45, 2.75) is 20.0 Å². The number of para-hydroxylation sites is 1. The van der Waals surface area contributed by atoms with Crippen molar-refractivity contribution < 1.29 is 4.74 Å². The first kappa shape index (κ1) is 19.6. The Balaban J connectivity index is 1.51. The second-order valence-corrected chi connectivity index (χ2v) is 9.59. The summed E-state index contributed by atoms with van der Waals surface area (Å²) in [7, 11) is 0. The van der Waals surface area contributed by atoms with Crippen LogP contribution >= 0.6 is 22.7 Å². The molecule has 1 aliphatic rings. The molecule has 1 fully saturated rings. The molecule has 30 heavy (non-hydrogen) atoms. The van der Waals surface area contributed by atoms with Gasteiger partial charge in [-0.3, -0.25) is 14.3 Å². The van der Waals surface area contributed by atoms with Crippen LogP contribution in [0.1, 0.15) is 15.7 Å². The van der Waals surface area contributed by atoms with Crippen LogP contribution in [-0.4, -0.2) is 45.7 Å². The molecule has 0 amide bonds. The Kier molecular flexibility index (Phi) is 5.47. The minimum atomic E-state index is -0.00687. The molecule has 8 heteroatoms. The van der Waals surface area contributed by atoms with E-state index in [2.05, 4.69) is 29.3 Å². The van der Waals surface area contributed by atoms with E-state index in [1.807, 2.05) is 24.3 Å². The Morgan fingerprint density at radius 2 is 1.90 bits per heavy atom. The van der Waals surface area contributed by atoms with Gasteiger partial charge in [-0.25, -0.2) is 9.97 Å². The van der Waals surface area contributed by atoms with Crippen molar-refractivity contribution in [1.29, 1.82) is 0 Å². The van der Waals surface area contributed by atoms with Crippen molar-refractivity contribution in [3.63, 3.8) is 0 Å². The maximum atomic E-state index is 13.3.